The molecule has 3 aromatic heterocycles. The molecule has 0 bridgehead atoms. The first-order valence-electron chi connectivity index (χ1n) is 8.49. The summed E-state index contributed by atoms with van der Waals surface area (Å²) in [5, 5.41) is 2.86. The Kier molecular flexibility index (Phi) is 4.25. The van der Waals surface area contributed by atoms with Gasteiger partial charge in [0.2, 0.25) is 0 Å². The Morgan fingerprint density at radius 3 is 2.67 bits per heavy atom. The van der Waals surface area contributed by atoms with Crippen LogP contribution >= 0.6 is 0 Å². The van der Waals surface area contributed by atoms with E-state index in [0.29, 0.717) is 5.65 Å². The summed E-state index contributed by atoms with van der Waals surface area (Å²) in [7, 11) is 0. The molecule has 27 heavy (non-hydrogen) atoms. The van der Waals surface area contributed by atoms with Crippen LogP contribution in [0.4, 0.5) is 0 Å². The molecule has 1 N–H and O–H groups in total. The molecule has 7 nitrogen and oxygen atoms in total. The van der Waals surface area contributed by atoms with Crippen molar-refractivity contribution in [1.82, 2.24) is 24.3 Å². The van der Waals surface area contributed by atoms with Gasteiger partial charge in [0.15, 0.2) is 0 Å². The molecule has 7 heteroatoms. The summed E-state index contributed by atoms with van der Waals surface area (Å²) in [4.78, 5) is 33.3. The van der Waals surface area contributed by atoms with Crippen LogP contribution in [0.25, 0.3) is 11.3 Å². The molecule has 4 aromatic rings. The minimum absolute atomic E-state index is 0.0144. The number of amides is 1. The van der Waals surface area contributed by atoms with Gasteiger partial charge in [0.05, 0.1) is 12.4 Å². The lowest BCUT2D eigenvalue weighted by atomic mass is 10.1. The van der Waals surface area contributed by atoms with Crippen LogP contribution in [0.15, 0.2) is 78.4 Å². The third kappa shape index (κ3) is 3.22. The molecule has 0 saturated heterocycles. The van der Waals surface area contributed by atoms with E-state index in [9.17, 15) is 9.59 Å². The topological polar surface area (TPSA) is 81.3 Å². The fraction of sp³-hybridized carbons (Fsp3) is 0.100. The Balaban J connectivity index is 1.54. The predicted octanol–water partition coefficient (Wildman–Crippen LogP) is 2.37. The Bertz CT molecular complexity index is 1150. The number of benzene rings is 1. The minimum atomic E-state index is -0.447. The summed E-state index contributed by atoms with van der Waals surface area (Å²) < 4.78 is 3.26. The zero-order chi connectivity index (χ0) is 18.8. The number of carbonyl (C=O) groups excluding carboxylic acids is 1. The molecule has 1 aromatic carbocycles. The van der Waals surface area contributed by atoms with Gasteiger partial charge in [-0.25, -0.2) is 9.97 Å². The normalized spacial score (nSPS) is 12.0. The standard InChI is InChI=1S/C20H17N5O2/c1-14(15-5-7-16(8-6-15)24-11-9-21-13-24)23-19(26)17-12-22-18-4-2-3-10-25(18)20(17)27/h2-14H,1H3,(H,23,26)/t14-/m0/s1. The molecular formula is C20H17N5O2. The van der Waals surface area contributed by atoms with Crippen LogP contribution < -0.4 is 10.9 Å². The molecule has 0 unspecified atom stereocenters. The smallest absolute Gasteiger partial charge is 0.270 e. The summed E-state index contributed by atoms with van der Waals surface area (Å²) in [5.41, 5.74) is 2.04. The van der Waals surface area contributed by atoms with Crippen molar-refractivity contribution < 1.29 is 4.79 Å². The summed E-state index contributed by atoms with van der Waals surface area (Å²) in [6.45, 7) is 1.87. The van der Waals surface area contributed by atoms with E-state index in [4.69, 9.17) is 0 Å². The van der Waals surface area contributed by atoms with Crippen molar-refractivity contribution in [3.63, 3.8) is 0 Å². The molecule has 0 radical (unpaired) electrons. The van der Waals surface area contributed by atoms with Crippen LogP contribution in [0.2, 0.25) is 0 Å². The number of nitrogens with zero attached hydrogens (tertiary/aromatic N) is 4. The minimum Gasteiger partial charge on any atom is -0.345 e. The van der Waals surface area contributed by atoms with Gasteiger partial charge in [-0.2, -0.15) is 0 Å². The quantitative estimate of drug-likeness (QED) is 0.607. The van der Waals surface area contributed by atoms with Crippen molar-refractivity contribution in [3.8, 4) is 5.69 Å². The van der Waals surface area contributed by atoms with E-state index in [2.05, 4.69) is 15.3 Å². The number of nitrogens with one attached hydrogen (secondary N) is 1. The fourth-order valence-electron chi connectivity index (χ4n) is 2.89. The molecule has 0 aliphatic heterocycles. The molecule has 0 spiro atoms. The third-order valence-corrected chi connectivity index (χ3v) is 4.40. The maximum Gasteiger partial charge on any atom is 0.270 e. The highest BCUT2D eigenvalue weighted by atomic mass is 16.2. The van der Waals surface area contributed by atoms with Gasteiger partial charge in [0.25, 0.3) is 11.5 Å². The number of pyridine rings is 1. The maximum absolute atomic E-state index is 12.6. The second-order valence-corrected chi connectivity index (χ2v) is 6.16. The zero-order valence-electron chi connectivity index (χ0n) is 14.6. The van der Waals surface area contributed by atoms with Crippen molar-refractivity contribution in [2.45, 2.75) is 13.0 Å². The molecular weight excluding hydrogens is 342 g/mol. The van der Waals surface area contributed by atoms with E-state index >= 15 is 0 Å². The number of hydrogen-bond donors (Lipinski definition) is 1. The lowest BCUT2D eigenvalue weighted by molar-refractivity contribution is 0.0938. The van der Waals surface area contributed by atoms with Gasteiger partial charge in [0, 0.05) is 30.5 Å². The van der Waals surface area contributed by atoms with Crippen molar-refractivity contribution in [3.05, 3.63) is 95.1 Å². The van der Waals surface area contributed by atoms with Crippen LogP contribution in [0.1, 0.15) is 28.9 Å². The van der Waals surface area contributed by atoms with E-state index in [-0.39, 0.29) is 17.2 Å². The molecule has 1 atom stereocenters. The maximum atomic E-state index is 12.6. The van der Waals surface area contributed by atoms with Gasteiger partial charge >= 0.3 is 0 Å². The second kappa shape index (κ2) is 6.87. The van der Waals surface area contributed by atoms with E-state index < -0.39 is 5.91 Å². The number of fused-ring (bicyclic) bond motifs is 1. The molecule has 134 valence electrons. The fourth-order valence-corrected chi connectivity index (χ4v) is 2.89. The largest absolute Gasteiger partial charge is 0.345 e. The van der Waals surface area contributed by atoms with E-state index in [0.717, 1.165) is 11.3 Å². The van der Waals surface area contributed by atoms with Crippen LogP contribution in [-0.2, 0) is 0 Å². The van der Waals surface area contributed by atoms with E-state index in [1.54, 1.807) is 36.9 Å². The first-order valence-corrected chi connectivity index (χ1v) is 8.49. The molecule has 4 rings (SSSR count). The summed E-state index contributed by atoms with van der Waals surface area (Å²) in [5.74, 6) is -0.447. The Morgan fingerprint density at radius 2 is 1.93 bits per heavy atom. The number of rotatable bonds is 4. The Morgan fingerprint density at radius 1 is 1.11 bits per heavy atom. The number of carbonyl (C=O) groups is 1. The first-order chi connectivity index (χ1) is 13.1. The number of hydrogen-bond acceptors (Lipinski definition) is 4. The SMILES string of the molecule is C[C@H](NC(=O)c1cnc2ccccn2c1=O)c1ccc(-n2ccnc2)cc1. The lowest BCUT2D eigenvalue weighted by Gasteiger charge is -2.15. The average Bonchev–Trinajstić information content (AvgIpc) is 3.23. The highest BCUT2D eigenvalue weighted by Crippen LogP contribution is 2.16. The highest BCUT2D eigenvalue weighted by Gasteiger charge is 2.16. The summed E-state index contributed by atoms with van der Waals surface area (Å²) >= 11 is 0. The summed E-state index contributed by atoms with van der Waals surface area (Å²) in [6.07, 6.45) is 8.22. The van der Waals surface area contributed by atoms with Gasteiger partial charge in [-0.05, 0) is 36.8 Å². The Hall–Kier alpha value is -3.74. The third-order valence-electron chi connectivity index (χ3n) is 4.40. The van der Waals surface area contributed by atoms with Crippen LogP contribution in [0.5, 0.6) is 0 Å². The molecule has 0 aliphatic carbocycles. The van der Waals surface area contributed by atoms with E-state index in [1.165, 1.54) is 10.6 Å². The van der Waals surface area contributed by atoms with Crippen molar-refractivity contribution in [1.29, 1.82) is 0 Å². The second-order valence-electron chi connectivity index (χ2n) is 6.16. The lowest BCUT2D eigenvalue weighted by Crippen LogP contribution is -2.33. The van der Waals surface area contributed by atoms with E-state index in [1.807, 2.05) is 42.0 Å². The molecule has 0 aliphatic rings. The summed E-state index contributed by atoms with van der Waals surface area (Å²) in [6, 6.07) is 12.7. The average molecular weight is 359 g/mol. The van der Waals surface area contributed by atoms with Gasteiger partial charge in [0.1, 0.15) is 11.2 Å². The van der Waals surface area contributed by atoms with Crippen LogP contribution in [0.3, 0.4) is 0 Å². The van der Waals surface area contributed by atoms with Crippen molar-refractivity contribution in [2.75, 3.05) is 0 Å². The molecule has 1 amide bonds. The molecule has 0 saturated carbocycles. The molecule has 3 heterocycles. The van der Waals surface area contributed by atoms with Crippen LogP contribution in [-0.4, -0.2) is 24.8 Å². The van der Waals surface area contributed by atoms with Crippen molar-refractivity contribution in [2.24, 2.45) is 0 Å². The van der Waals surface area contributed by atoms with Gasteiger partial charge < -0.3 is 9.88 Å². The monoisotopic (exact) mass is 359 g/mol. The number of aromatic nitrogens is 4. The predicted molar refractivity (Wildman–Crippen MR) is 101 cm³/mol. The highest BCUT2D eigenvalue weighted by molar-refractivity contribution is 5.94. The first kappa shape index (κ1) is 16.7. The van der Waals surface area contributed by atoms with Gasteiger partial charge in [-0.1, -0.05) is 18.2 Å². The number of imidazole rings is 1. The van der Waals surface area contributed by atoms with Crippen molar-refractivity contribution >= 4 is 11.6 Å². The van der Waals surface area contributed by atoms with Gasteiger partial charge in [-0.3, -0.25) is 14.0 Å². The van der Waals surface area contributed by atoms with Crippen LogP contribution in [0, 0.1) is 0 Å². The molecule has 0 fully saturated rings. The van der Waals surface area contributed by atoms with Gasteiger partial charge in [-0.15, -0.1) is 0 Å². The Labute approximate surface area is 155 Å². The zero-order valence-corrected chi connectivity index (χ0v) is 14.6.